The Morgan fingerprint density at radius 2 is 2.31 bits per heavy atom. The third kappa shape index (κ3) is 1.31. The van der Waals surface area contributed by atoms with Gasteiger partial charge in [0.2, 0.25) is 0 Å². The molecule has 1 aromatic carbocycles. The second-order valence-electron chi connectivity index (χ2n) is 3.21. The first kappa shape index (κ1) is 8.26. The zero-order chi connectivity index (χ0) is 9.26. The fourth-order valence-electron chi connectivity index (χ4n) is 1.57. The highest BCUT2D eigenvalue weighted by atomic mass is 15.1. The lowest BCUT2D eigenvalue weighted by Crippen LogP contribution is -2.03. The van der Waals surface area contributed by atoms with Crippen LogP contribution in [0.3, 0.4) is 0 Å². The normalized spacial score (nSPS) is 10.9. The summed E-state index contributed by atoms with van der Waals surface area (Å²) in [6.45, 7) is 2.72. The molecule has 0 saturated carbocycles. The van der Waals surface area contributed by atoms with Crippen molar-refractivity contribution in [3.63, 3.8) is 0 Å². The molecule has 0 unspecified atom stereocenters. The van der Waals surface area contributed by atoms with Gasteiger partial charge in [-0.1, -0.05) is 18.2 Å². The number of nitrogens with two attached hydrogens (primary N) is 1. The number of hydrogen-bond donors (Lipinski definition) is 2. The quantitative estimate of drug-likeness (QED) is 0.724. The van der Waals surface area contributed by atoms with Crippen molar-refractivity contribution < 1.29 is 0 Å². The summed E-state index contributed by atoms with van der Waals surface area (Å²) in [7, 11) is 0. The van der Waals surface area contributed by atoms with Crippen LogP contribution in [0.25, 0.3) is 10.9 Å². The van der Waals surface area contributed by atoms with Crippen molar-refractivity contribution in [2.75, 3.05) is 6.54 Å². The van der Waals surface area contributed by atoms with E-state index < -0.39 is 0 Å². The number of rotatable bonds is 2. The van der Waals surface area contributed by atoms with Gasteiger partial charge in [-0.05, 0) is 19.0 Å². The molecule has 0 spiro atoms. The third-order valence-corrected chi connectivity index (χ3v) is 2.26. The molecule has 0 aliphatic rings. The van der Waals surface area contributed by atoms with E-state index in [-0.39, 0.29) is 0 Å². The molecular formula is C10H13N3. The van der Waals surface area contributed by atoms with Crippen LogP contribution in [-0.4, -0.2) is 16.7 Å². The van der Waals surface area contributed by atoms with Crippen molar-refractivity contribution in [3.8, 4) is 0 Å². The molecule has 3 heteroatoms. The minimum Gasteiger partial charge on any atom is -0.330 e. The standard InChI is InChI=1S/C10H13N3/c1-7-3-2-4-8-9(5-6-11)12-13-10(7)8/h2-4H,5-6,11H2,1H3,(H,12,13). The maximum Gasteiger partial charge on any atom is 0.0952 e. The summed E-state index contributed by atoms with van der Waals surface area (Å²) in [4.78, 5) is 0. The van der Waals surface area contributed by atoms with E-state index in [9.17, 15) is 0 Å². The van der Waals surface area contributed by atoms with E-state index in [0.29, 0.717) is 6.54 Å². The fraction of sp³-hybridized carbons (Fsp3) is 0.300. The van der Waals surface area contributed by atoms with Crippen LogP contribution in [0.2, 0.25) is 0 Å². The van der Waals surface area contributed by atoms with E-state index in [1.807, 2.05) is 6.07 Å². The zero-order valence-corrected chi connectivity index (χ0v) is 7.67. The van der Waals surface area contributed by atoms with Gasteiger partial charge in [0.15, 0.2) is 0 Å². The Morgan fingerprint density at radius 1 is 1.46 bits per heavy atom. The summed E-state index contributed by atoms with van der Waals surface area (Å²) in [6, 6.07) is 6.19. The summed E-state index contributed by atoms with van der Waals surface area (Å²) in [5.41, 5.74) is 8.91. The van der Waals surface area contributed by atoms with Crippen LogP contribution >= 0.6 is 0 Å². The van der Waals surface area contributed by atoms with Crippen LogP contribution in [0.4, 0.5) is 0 Å². The molecule has 1 heterocycles. The largest absolute Gasteiger partial charge is 0.330 e. The molecule has 68 valence electrons. The van der Waals surface area contributed by atoms with Crippen molar-refractivity contribution in [2.45, 2.75) is 13.3 Å². The van der Waals surface area contributed by atoms with Crippen molar-refractivity contribution >= 4 is 10.9 Å². The summed E-state index contributed by atoms with van der Waals surface area (Å²) >= 11 is 0. The number of para-hydroxylation sites is 1. The van der Waals surface area contributed by atoms with Crippen molar-refractivity contribution in [2.24, 2.45) is 5.73 Å². The first-order chi connectivity index (χ1) is 6.33. The van der Waals surface area contributed by atoms with Crippen LogP contribution in [0, 0.1) is 6.92 Å². The van der Waals surface area contributed by atoms with Gasteiger partial charge in [0.25, 0.3) is 0 Å². The zero-order valence-electron chi connectivity index (χ0n) is 7.67. The highest BCUT2D eigenvalue weighted by molar-refractivity contribution is 5.84. The molecule has 3 nitrogen and oxygen atoms in total. The molecule has 3 N–H and O–H groups in total. The lowest BCUT2D eigenvalue weighted by Gasteiger charge is -1.95. The average molecular weight is 175 g/mol. The second kappa shape index (κ2) is 3.18. The first-order valence-electron chi connectivity index (χ1n) is 4.45. The number of hydrogen-bond acceptors (Lipinski definition) is 2. The van der Waals surface area contributed by atoms with Crippen LogP contribution in [0.1, 0.15) is 11.3 Å². The van der Waals surface area contributed by atoms with Gasteiger partial charge in [-0.2, -0.15) is 5.10 Å². The Hall–Kier alpha value is -1.35. The van der Waals surface area contributed by atoms with E-state index in [0.717, 1.165) is 17.6 Å². The molecule has 0 radical (unpaired) electrons. The molecule has 2 aromatic rings. The molecule has 0 aliphatic heterocycles. The van der Waals surface area contributed by atoms with Gasteiger partial charge in [-0.25, -0.2) is 0 Å². The van der Waals surface area contributed by atoms with Crippen LogP contribution < -0.4 is 5.73 Å². The first-order valence-corrected chi connectivity index (χ1v) is 4.45. The van der Waals surface area contributed by atoms with Gasteiger partial charge in [0.1, 0.15) is 0 Å². The lowest BCUT2D eigenvalue weighted by molar-refractivity contribution is 0.909. The second-order valence-corrected chi connectivity index (χ2v) is 3.21. The maximum absolute atomic E-state index is 5.50. The Balaban J connectivity index is 2.61. The molecule has 2 rings (SSSR count). The number of benzene rings is 1. The minimum absolute atomic E-state index is 0.658. The number of nitrogens with zero attached hydrogens (tertiary/aromatic N) is 1. The highest BCUT2D eigenvalue weighted by Gasteiger charge is 2.04. The van der Waals surface area contributed by atoms with Gasteiger partial charge in [-0.3, -0.25) is 5.10 Å². The molecule has 0 amide bonds. The summed E-state index contributed by atoms with van der Waals surface area (Å²) in [5, 5.41) is 8.48. The maximum atomic E-state index is 5.50. The van der Waals surface area contributed by atoms with Crippen molar-refractivity contribution in [3.05, 3.63) is 29.5 Å². The third-order valence-electron chi connectivity index (χ3n) is 2.26. The predicted molar refractivity (Wildman–Crippen MR) is 53.6 cm³/mol. The van der Waals surface area contributed by atoms with Crippen LogP contribution in [0.15, 0.2) is 18.2 Å². The van der Waals surface area contributed by atoms with Crippen LogP contribution in [0.5, 0.6) is 0 Å². The lowest BCUT2D eigenvalue weighted by atomic mass is 10.1. The number of fused-ring (bicyclic) bond motifs is 1. The Labute approximate surface area is 76.9 Å². The predicted octanol–water partition coefficient (Wildman–Crippen LogP) is 1.37. The van der Waals surface area contributed by atoms with Gasteiger partial charge < -0.3 is 5.73 Å². The van der Waals surface area contributed by atoms with Gasteiger partial charge in [0, 0.05) is 17.5 Å². The molecule has 0 aliphatic carbocycles. The number of aromatic nitrogens is 2. The SMILES string of the molecule is Cc1cccc2c(CCN)[nH]nc12. The minimum atomic E-state index is 0.658. The number of aryl methyl sites for hydroxylation is 1. The van der Waals surface area contributed by atoms with E-state index in [1.54, 1.807) is 0 Å². The molecule has 0 fully saturated rings. The van der Waals surface area contributed by atoms with Crippen LogP contribution in [-0.2, 0) is 6.42 Å². The fourth-order valence-corrected chi connectivity index (χ4v) is 1.57. The molecule has 1 aromatic heterocycles. The monoisotopic (exact) mass is 175 g/mol. The molecular weight excluding hydrogens is 162 g/mol. The molecule has 0 saturated heterocycles. The Morgan fingerprint density at radius 3 is 3.08 bits per heavy atom. The molecule has 0 atom stereocenters. The van der Waals surface area contributed by atoms with Gasteiger partial charge in [0.05, 0.1) is 5.52 Å². The number of aromatic amines is 1. The summed E-state index contributed by atoms with van der Waals surface area (Å²) in [6.07, 6.45) is 0.861. The Kier molecular flexibility index (Phi) is 2.02. The van der Waals surface area contributed by atoms with E-state index in [1.165, 1.54) is 10.9 Å². The Bertz CT molecular complexity index is 417. The van der Waals surface area contributed by atoms with Gasteiger partial charge >= 0.3 is 0 Å². The summed E-state index contributed by atoms with van der Waals surface area (Å²) < 4.78 is 0. The van der Waals surface area contributed by atoms with Crippen molar-refractivity contribution in [1.82, 2.24) is 10.2 Å². The van der Waals surface area contributed by atoms with Gasteiger partial charge in [-0.15, -0.1) is 0 Å². The average Bonchev–Trinajstić information content (AvgIpc) is 2.51. The van der Waals surface area contributed by atoms with Crippen molar-refractivity contribution in [1.29, 1.82) is 0 Å². The smallest absolute Gasteiger partial charge is 0.0952 e. The highest BCUT2D eigenvalue weighted by Crippen LogP contribution is 2.18. The van der Waals surface area contributed by atoms with E-state index in [2.05, 4.69) is 29.3 Å². The number of H-pyrrole nitrogens is 1. The summed E-state index contributed by atoms with van der Waals surface area (Å²) in [5.74, 6) is 0. The molecule has 0 bridgehead atoms. The molecule has 13 heavy (non-hydrogen) atoms. The number of nitrogens with one attached hydrogen (secondary N) is 1. The topological polar surface area (TPSA) is 54.7 Å². The van der Waals surface area contributed by atoms with E-state index in [4.69, 9.17) is 5.73 Å². The van der Waals surface area contributed by atoms with E-state index >= 15 is 0 Å².